The molecule has 1 aromatic rings. The van der Waals surface area contributed by atoms with Crippen LogP contribution in [0, 0.1) is 0 Å². The number of thiocarbonyl (C=S) groups is 1. The first-order valence-corrected chi connectivity index (χ1v) is 6.51. The summed E-state index contributed by atoms with van der Waals surface area (Å²) in [7, 11) is 0. The summed E-state index contributed by atoms with van der Waals surface area (Å²) in [4.78, 5) is 11.8. The lowest BCUT2D eigenvalue weighted by atomic mass is 10.1. The highest BCUT2D eigenvalue weighted by Crippen LogP contribution is 2.26. The molecule has 0 bridgehead atoms. The fourth-order valence-electron chi connectivity index (χ4n) is 1.46. The maximum absolute atomic E-state index is 11.7. The highest BCUT2D eigenvalue weighted by Gasteiger charge is 2.16. The highest BCUT2D eigenvalue weighted by molar-refractivity contribution is 7.80. The molecule has 0 fully saturated rings. The maximum Gasteiger partial charge on any atom is 0.258 e. The molecule has 0 radical (unpaired) electrons. The van der Waals surface area contributed by atoms with E-state index in [4.69, 9.17) is 34.3 Å². The normalized spacial score (nSPS) is 10.9. The molecule has 0 spiro atoms. The zero-order valence-corrected chi connectivity index (χ0v) is 12.7. The third-order valence-electron chi connectivity index (χ3n) is 2.09. The van der Waals surface area contributed by atoms with Crippen molar-refractivity contribution in [3.8, 4) is 5.75 Å². The standard InChI is InChI=1S/C13H17ClN2O2S/c1-13(2,3)16-10(17)7-18-9-6-4-5-8(14)11(9)12(15)19/h4-6H,7H2,1-3H3,(H2,15,19)(H,16,17). The molecule has 1 aromatic carbocycles. The Morgan fingerprint density at radius 2 is 2.11 bits per heavy atom. The summed E-state index contributed by atoms with van der Waals surface area (Å²) in [5, 5.41) is 3.20. The Kier molecular flexibility index (Phi) is 5.14. The molecule has 3 N–H and O–H groups in total. The van der Waals surface area contributed by atoms with Gasteiger partial charge in [-0.3, -0.25) is 4.79 Å². The van der Waals surface area contributed by atoms with Gasteiger partial charge in [0.05, 0.1) is 10.6 Å². The van der Waals surface area contributed by atoms with Crippen molar-refractivity contribution >= 4 is 34.7 Å². The molecule has 19 heavy (non-hydrogen) atoms. The van der Waals surface area contributed by atoms with Gasteiger partial charge >= 0.3 is 0 Å². The van der Waals surface area contributed by atoms with Crippen molar-refractivity contribution in [3.63, 3.8) is 0 Å². The van der Waals surface area contributed by atoms with Gasteiger partial charge in [0.1, 0.15) is 10.7 Å². The molecule has 0 aromatic heterocycles. The zero-order chi connectivity index (χ0) is 14.6. The lowest BCUT2D eigenvalue weighted by Crippen LogP contribution is -2.43. The first-order chi connectivity index (χ1) is 8.70. The Hall–Kier alpha value is -1.33. The van der Waals surface area contributed by atoms with E-state index < -0.39 is 0 Å². The van der Waals surface area contributed by atoms with Crippen molar-refractivity contribution in [2.24, 2.45) is 5.73 Å². The van der Waals surface area contributed by atoms with E-state index >= 15 is 0 Å². The van der Waals surface area contributed by atoms with Gasteiger partial charge in [-0.1, -0.05) is 29.9 Å². The van der Waals surface area contributed by atoms with Crippen LogP contribution in [0.15, 0.2) is 18.2 Å². The van der Waals surface area contributed by atoms with Crippen LogP contribution in [0.3, 0.4) is 0 Å². The van der Waals surface area contributed by atoms with Crippen molar-refractivity contribution in [2.45, 2.75) is 26.3 Å². The van der Waals surface area contributed by atoms with E-state index in [2.05, 4.69) is 5.32 Å². The first kappa shape index (κ1) is 15.7. The minimum atomic E-state index is -0.305. The molecule has 1 amide bonds. The summed E-state index contributed by atoms with van der Waals surface area (Å²) >= 11 is 10.9. The number of ether oxygens (including phenoxy) is 1. The van der Waals surface area contributed by atoms with E-state index in [1.807, 2.05) is 20.8 Å². The molecule has 1 rings (SSSR count). The number of halogens is 1. The number of hydrogen-bond donors (Lipinski definition) is 2. The fourth-order valence-corrected chi connectivity index (χ4v) is 2.00. The van der Waals surface area contributed by atoms with Crippen molar-refractivity contribution in [2.75, 3.05) is 6.61 Å². The summed E-state index contributed by atoms with van der Waals surface area (Å²) in [5.74, 6) is 0.186. The topological polar surface area (TPSA) is 64.3 Å². The smallest absolute Gasteiger partial charge is 0.258 e. The number of nitrogens with one attached hydrogen (secondary N) is 1. The van der Waals surface area contributed by atoms with E-state index in [0.717, 1.165) is 0 Å². The summed E-state index contributed by atoms with van der Waals surface area (Å²) in [6, 6.07) is 5.05. The number of nitrogens with two attached hydrogens (primary N) is 1. The largest absolute Gasteiger partial charge is 0.483 e. The highest BCUT2D eigenvalue weighted by atomic mass is 35.5. The Balaban J connectivity index is 2.76. The van der Waals surface area contributed by atoms with Crippen LogP contribution < -0.4 is 15.8 Å². The predicted molar refractivity (Wildman–Crippen MR) is 80.7 cm³/mol. The van der Waals surface area contributed by atoms with Gasteiger partial charge in [-0.25, -0.2) is 0 Å². The van der Waals surface area contributed by atoms with Gasteiger partial charge in [0.15, 0.2) is 6.61 Å². The third-order valence-corrected chi connectivity index (χ3v) is 2.61. The van der Waals surface area contributed by atoms with Gasteiger partial charge in [0, 0.05) is 5.54 Å². The van der Waals surface area contributed by atoms with Crippen LogP contribution in [-0.4, -0.2) is 23.0 Å². The molecular weight excluding hydrogens is 284 g/mol. The molecule has 6 heteroatoms. The zero-order valence-electron chi connectivity index (χ0n) is 11.1. The molecule has 0 heterocycles. The number of carbonyl (C=O) groups is 1. The van der Waals surface area contributed by atoms with Crippen LogP contribution in [-0.2, 0) is 4.79 Å². The van der Waals surface area contributed by atoms with Crippen LogP contribution in [0.5, 0.6) is 5.75 Å². The minimum Gasteiger partial charge on any atom is -0.483 e. The molecule has 0 unspecified atom stereocenters. The molecule has 0 saturated heterocycles. The summed E-state index contributed by atoms with van der Waals surface area (Å²) in [6.07, 6.45) is 0. The van der Waals surface area contributed by atoms with Gasteiger partial charge in [0.25, 0.3) is 5.91 Å². The second kappa shape index (κ2) is 6.21. The second-order valence-electron chi connectivity index (χ2n) is 5.06. The third kappa shape index (κ3) is 5.04. The monoisotopic (exact) mass is 300 g/mol. The number of carbonyl (C=O) groups excluding carboxylic acids is 1. The Morgan fingerprint density at radius 3 is 2.63 bits per heavy atom. The van der Waals surface area contributed by atoms with E-state index in [1.54, 1.807) is 18.2 Å². The average Bonchev–Trinajstić information content (AvgIpc) is 2.23. The lowest BCUT2D eigenvalue weighted by molar-refractivity contribution is -0.124. The molecule has 104 valence electrons. The molecule has 0 aliphatic carbocycles. The summed E-state index contributed by atoms with van der Waals surface area (Å²) in [5.41, 5.74) is 5.73. The predicted octanol–water partition coefficient (Wildman–Crippen LogP) is 2.27. The van der Waals surface area contributed by atoms with Gasteiger partial charge in [-0.2, -0.15) is 0 Å². The number of benzene rings is 1. The van der Waals surface area contributed by atoms with E-state index in [9.17, 15) is 4.79 Å². The van der Waals surface area contributed by atoms with Crippen molar-refractivity contribution in [1.29, 1.82) is 0 Å². The van der Waals surface area contributed by atoms with E-state index in [0.29, 0.717) is 16.3 Å². The van der Waals surface area contributed by atoms with E-state index in [-0.39, 0.29) is 23.0 Å². The molecule has 4 nitrogen and oxygen atoms in total. The molecule has 0 atom stereocenters. The lowest BCUT2D eigenvalue weighted by Gasteiger charge is -2.20. The Bertz CT molecular complexity index is 498. The number of rotatable bonds is 4. The van der Waals surface area contributed by atoms with Crippen LogP contribution in [0.2, 0.25) is 5.02 Å². The van der Waals surface area contributed by atoms with Crippen LogP contribution >= 0.6 is 23.8 Å². The number of amides is 1. The van der Waals surface area contributed by atoms with Crippen molar-refractivity contribution < 1.29 is 9.53 Å². The van der Waals surface area contributed by atoms with Gasteiger partial charge < -0.3 is 15.8 Å². The summed E-state index contributed by atoms with van der Waals surface area (Å²) < 4.78 is 5.42. The fraction of sp³-hybridized carbons (Fsp3) is 0.385. The Morgan fingerprint density at radius 1 is 1.47 bits per heavy atom. The van der Waals surface area contributed by atoms with E-state index in [1.165, 1.54) is 0 Å². The molecule has 0 saturated carbocycles. The Labute approximate surface area is 123 Å². The first-order valence-electron chi connectivity index (χ1n) is 5.73. The molecule has 0 aliphatic heterocycles. The SMILES string of the molecule is CC(C)(C)NC(=O)COc1cccc(Cl)c1C(N)=S. The quantitative estimate of drug-likeness (QED) is 0.837. The van der Waals surface area contributed by atoms with Gasteiger partial charge in [-0.15, -0.1) is 0 Å². The van der Waals surface area contributed by atoms with Crippen LogP contribution in [0.1, 0.15) is 26.3 Å². The van der Waals surface area contributed by atoms with Gasteiger partial charge in [-0.05, 0) is 32.9 Å². The molecule has 0 aliphatic rings. The average molecular weight is 301 g/mol. The van der Waals surface area contributed by atoms with Crippen molar-refractivity contribution in [1.82, 2.24) is 5.32 Å². The van der Waals surface area contributed by atoms with Gasteiger partial charge in [0.2, 0.25) is 0 Å². The second-order valence-corrected chi connectivity index (χ2v) is 5.91. The maximum atomic E-state index is 11.7. The molecular formula is C13H17ClN2O2S. The number of hydrogen-bond acceptors (Lipinski definition) is 3. The van der Waals surface area contributed by atoms with Crippen LogP contribution in [0.4, 0.5) is 0 Å². The van der Waals surface area contributed by atoms with Crippen LogP contribution in [0.25, 0.3) is 0 Å². The minimum absolute atomic E-state index is 0.118. The van der Waals surface area contributed by atoms with Crippen molar-refractivity contribution in [3.05, 3.63) is 28.8 Å². The summed E-state index contributed by atoms with van der Waals surface area (Å²) in [6.45, 7) is 5.56.